The molecule has 0 bridgehead atoms. The van der Waals surface area contributed by atoms with Gasteiger partial charge in [0.1, 0.15) is 49.8 Å². The highest BCUT2D eigenvalue weighted by atomic mass is 35.5. The Kier molecular flexibility index (Phi) is 26.6. The van der Waals surface area contributed by atoms with E-state index in [2.05, 4.69) is 130 Å². The number of fused-ring (bicyclic) bond motifs is 2. The van der Waals surface area contributed by atoms with Crippen LogP contribution in [0.5, 0.6) is 5.88 Å². The van der Waals surface area contributed by atoms with Crippen LogP contribution in [-0.4, -0.2) is 142 Å². The molecule has 10 rings (SSSR count). The molecule has 0 radical (unpaired) electrons. The second-order valence-corrected chi connectivity index (χ2v) is 52.1. The van der Waals surface area contributed by atoms with Crippen molar-refractivity contribution in [2.24, 2.45) is 0 Å². The van der Waals surface area contributed by atoms with E-state index >= 15 is 0 Å². The average Bonchev–Trinajstić information content (AvgIpc) is 1.69. The van der Waals surface area contributed by atoms with Crippen molar-refractivity contribution >= 4 is 66.8 Å². The maximum atomic E-state index is 8.91. The van der Waals surface area contributed by atoms with Crippen molar-refractivity contribution in [2.75, 3.05) is 63.2 Å². The maximum absolute atomic E-state index is 8.91. The first-order valence-electron chi connectivity index (χ1n) is 33.1. The van der Waals surface area contributed by atoms with Gasteiger partial charge in [0, 0.05) is 117 Å². The molecule has 0 atom stereocenters. The molecule has 0 unspecified atom stereocenters. The van der Waals surface area contributed by atoms with Gasteiger partial charge >= 0.3 is 0 Å². The van der Waals surface area contributed by atoms with Gasteiger partial charge < -0.3 is 38.6 Å². The molecule has 0 spiro atoms. The number of nitrogens with zero attached hydrogens (tertiary/aromatic N) is 10. The van der Waals surface area contributed by atoms with Gasteiger partial charge in [0.15, 0.2) is 11.3 Å². The first-order valence-corrected chi connectivity index (χ1v) is 48.3. The number of aliphatic hydroxyl groups excluding tert-OH is 1. The van der Waals surface area contributed by atoms with Crippen LogP contribution in [0.1, 0.15) is 64.2 Å². The molecule has 0 aliphatic heterocycles. The Hall–Kier alpha value is -5.66. The molecule has 6 aromatic heterocycles. The summed E-state index contributed by atoms with van der Waals surface area (Å²) < 4.78 is 35.1. The SMILES string of the molecule is C[Si](C)(C)CCOCN(COCC[Si](C)(C)C)c1cc(Cl)nc2c(-c3ccc(-c4ccccc4)nc3)cnn12.C[Si](C)(C)CCOCN(COCC[Si](C)(C)C)c1cc(OC2CCCCC2)nc2c(-c3ccc(-c4ccccc4)nc3)cnn12.OC1CCCCC1. The van der Waals surface area contributed by atoms with Crippen LogP contribution in [-0.2, 0) is 18.9 Å². The van der Waals surface area contributed by atoms with E-state index < -0.39 is 32.3 Å². The normalized spacial score (nSPS) is 14.4. The van der Waals surface area contributed by atoms with E-state index in [1.165, 1.54) is 38.5 Å². The molecule has 0 amide bonds. The number of hydrogen-bond donors (Lipinski definition) is 1. The summed E-state index contributed by atoms with van der Waals surface area (Å²) in [6.07, 6.45) is 19.3. The van der Waals surface area contributed by atoms with E-state index in [9.17, 15) is 0 Å². The van der Waals surface area contributed by atoms with Gasteiger partial charge in [-0.25, -0.2) is 4.98 Å². The second-order valence-electron chi connectivity index (χ2n) is 29.2. The quantitative estimate of drug-likeness (QED) is 0.0214. The number of aromatic nitrogens is 8. The monoisotopic (exact) mass is 1330 g/mol. The van der Waals surface area contributed by atoms with E-state index in [-0.39, 0.29) is 12.2 Å². The molecule has 2 aromatic carbocycles. The third kappa shape index (κ3) is 23.4. The highest BCUT2D eigenvalue weighted by molar-refractivity contribution is 6.77. The van der Waals surface area contributed by atoms with Crippen LogP contribution >= 0.6 is 11.6 Å². The van der Waals surface area contributed by atoms with Crippen LogP contribution in [0.15, 0.2) is 122 Å². The zero-order valence-electron chi connectivity index (χ0n) is 56.6. The smallest absolute Gasteiger partial charge is 0.219 e. The highest BCUT2D eigenvalue weighted by Gasteiger charge is 2.25. The fourth-order valence-corrected chi connectivity index (χ4v) is 13.6. The Labute approximate surface area is 551 Å². The minimum Gasteiger partial charge on any atom is -0.474 e. The highest BCUT2D eigenvalue weighted by Crippen LogP contribution is 2.34. The standard InChI is InChI=1S/C35H51N5O3Si2.C29H40ClN5O2Si2.C6H12O/c1-44(2,3)21-19-41-26-39(27-42-20-22-45(4,5)6)34-23-33(43-30-15-11-8-12-16-30)38-35-31(25-37-40(34)35)29-17-18-32(36-24-29)28-13-9-7-10-14-28;1-38(2,3)16-14-36-21-34(22-37-15-17-39(4,5)6)28-18-27(30)33-29-25(20-32-35(28)29)24-12-13-26(31-19-24)23-10-8-7-9-11-23;7-6-4-2-1-3-5-6/h7,9-10,13-14,17-18,23-25,30H,8,11-12,15-16,19-22,26-27H2,1-6H3;7-13,18-20H,14-17,21-22H2,1-6H3;6-7H,1-5H2. The second kappa shape index (κ2) is 34.0. The number of aliphatic hydroxyl groups is 1. The molecule has 21 heteroatoms. The first kappa shape index (κ1) is 71.2. The van der Waals surface area contributed by atoms with Gasteiger partial charge in [0.2, 0.25) is 5.88 Å². The largest absolute Gasteiger partial charge is 0.474 e. The lowest BCUT2D eigenvalue weighted by molar-refractivity contribution is 0.0939. The van der Waals surface area contributed by atoms with E-state index in [1.54, 1.807) is 0 Å². The topological polar surface area (TPSA) is 159 Å². The van der Waals surface area contributed by atoms with Crippen molar-refractivity contribution < 1.29 is 28.8 Å². The van der Waals surface area contributed by atoms with Gasteiger partial charge in [0.05, 0.1) is 29.9 Å². The number of halogens is 1. The lowest BCUT2D eigenvalue weighted by Gasteiger charge is -2.27. The van der Waals surface area contributed by atoms with Gasteiger partial charge in [-0.05, 0) is 74.8 Å². The molecular formula is C70H103ClN10O6Si4. The van der Waals surface area contributed by atoms with Crippen LogP contribution in [0.3, 0.4) is 0 Å². The van der Waals surface area contributed by atoms with Crippen LogP contribution in [0.4, 0.5) is 11.6 Å². The maximum Gasteiger partial charge on any atom is 0.219 e. The van der Waals surface area contributed by atoms with Gasteiger partial charge in [-0.1, -0.05) is 189 Å². The van der Waals surface area contributed by atoms with Crippen molar-refractivity contribution in [3.63, 3.8) is 0 Å². The fourth-order valence-electron chi connectivity index (χ4n) is 10.4. The number of benzene rings is 2. The predicted molar refractivity (Wildman–Crippen MR) is 386 cm³/mol. The molecule has 2 aliphatic carbocycles. The number of ether oxygens (including phenoxy) is 5. The third-order valence-corrected chi connectivity index (χ3v) is 23.2. The molecular weight excluding hydrogens is 1220 g/mol. The fraction of sp³-hybridized carbons (Fsp3) is 0.514. The van der Waals surface area contributed by atoms with E-state index in [0.717, 1.165) is 125 Å². The minimum absolute atomic E-state index is 0.0359. The molecule has 91 heavy (non-hydrogen) atoms. The van der Waals surface area contributed by atoms with Crippen LogP contribution in [0, 0.1) is 0 Å². The summed E-state index contributed by atoms with van der Waals surface area (Å²) in [7, 11) is -4.84. The van der Waals surface area contributed by atoms with Crippen LogP contribution < -0.4 is 14.5 Å². The zero-order valence-corrected chi connectivity index (χ0v) is 61.4. The Morgan fingerprint density at radius 1 is 0.462 bits per heavy atom. The van der Waals surface area contributed by atoms with E-state index in [0.29, 0.717) is 56.8 Å². The van der Waals surface area contributed by atoms with Crippen LogP contribution in [0.25, 0.3) is 56.1 Å². The minimum atomic E-state index is -1.22. The van der Waals surface area contributed by atoms with Crippen molar-refractivity contribution in [1.29, 1.82) is 0 Å². The number of hydrogen-bond acceptors (Lipinski definition) is 14. The average molecular weight is 1330 g/mol. The summed E-state index contributed by atoms with van der Waals surface area (Å²) in [6.45, 7) is 32.8. The van der Waals surface area contributed by atoms with Gasteiger partial charge in [-0.3, -0.25) is 9.97 Å². The molecule has 6 heterocycles. The van der Waals surface area contributed by atoms with E-state index in [4.69, 9.17) is 60.6 Å². The number of pyridine rings is 2. The molecule has 2 saturated carbocycles. The Balaban J connectivity index is 0.000000213. The summed E-state index contributed by atoms with van der Waals surface area (Å²) in [5.41, 5.74) is 9.08. The summed E-state index contributed by atoms with van der Waals surface area (Å²) in [4.78, 5) is 23.3. The number of rotatable bonds is 28. The number of anilines is 2. The summed E-state index contributed by atoms with van der Waals surface area (Å²) in [5, 5.41) is 18.9. The van der Waals surface area contributed by atoms with Gasteiger partial charge in [-0.2, -0.15) is 24.2 Å². The third-order valence-electron chi connectivity index (χ3n) is 16.2. The Morgan fingerprint density at radius 3 is 1.21 bits per heavy atom. The predicted octanol–water partition coefficient (Wildman–Crippen LogP) is 17.5. The summed E-state index contributed by atoms with van der Waals surface area (Å²) in [5.74, 6) is 2.26. The summed E-state index contributed by atoms with van der Waals surface area (Å²) >= 11 is 6.57. The van der Waals surface area contributed by atoms with Crippen molar-refractivity contribution in [1.82, 2.24) is 39.2 Å². The summed E-state index contributed by atoms with van der Waals surface area (Å²) in [6, 6.07) is 36.8. The first-order chi connectivity index (χ1) is 43.4. The lowest BCUT2D eigenvalue weighted by Crippen LogP contribution is -2.33. The van der Waals surface area contributed by atoms with Crippen molar-refractivity contribution in [3.05, 3.63) is 127 Å². The Morgan fingerprint density at radius 2 is 0.846 bits per heavy atom. The molecule has 16 nitrogen and oxygen atoms in total. The molecule has 1 N–H and O–H groups in total. The molecule has 2 aliphatic rings. The van der Waals surface area contributed by atoms with Crippen molar-refractivity contribution in [2.45, 2.75) is 179 Å². The Bertz CT molecular complexity index is 3390. The van der Waals surface area contributed by atoms with Gasteiger partial charge in [0.25, 0.3) is 0 Å². The molecule has 492 valence electrons. The van der Waals surface area contributed by atoms with Gasteiger partial charge in [-0.15, -0.1) is 0 Å². The molecule has 8 aromatic rings. The molecule has 2 fully saturated rings. The van der Waals surface area contributed by atoms with Crippen LogP contribution in [0.2, 0.25) is 108 Å². The van der Waals surface area contributed by atoms with E-state index in [1.807, 2.05) is 99.4 Å². The molecule has 0 saturated heterocycles. The van der Waals surface area contributed by atoms with Crippen molar-refractivity contribution in [3.8, 4) is 50.6 Å². The lowest BCUT2D eigenvalue weighted by atomic mass is 9.98. The zero-order chi connectivity index (χ0) is 65.0.